The van der Waals surface area contributed by atoms with Gasteiger partial charge in [-0.05, 0) is 55.1 Å². The van der Waals surface area contributed by atoms with Crippen LogP contribution in [0.25, 0.3) is 11.1 Å². The number of allylic oxidation sites excluding steroid dienone is 1. The van der Waals surface area contributed by atoms with Gasteiger partial charge < -0.3 is 19.1 Å². The van der Waals surface area contributed by atoms with Crippen molar-refractivity contribution in [1.29, 1.82) is 0 Å². The normalized spacial score (nSPS) is 12.4. The first-order valence-corrected chi connectivity index (χ1v) is 10.8. The van der Waals surface area contributed by atoms with Crippen molar-refractivity contribution in [2.24, 2.45) is 0 Å². The molecule has 0 atom stereocenters. The van der Waals surface area contributed by atoms with Crippen LogP contribution in [0.3, 0.4) is 0 Å². The van der Waals surface area contributed by atoms with E-state index in [-0.39, 0.29) is 17.9 Å². The van der Waals surface area contributed by atoms with Gasteiger partial charge in [0.1, 0.15) is 18.1 Å². The average Bonchev–Trinajstić information content (AvgIpc) is 2.82. The van der Waals surface area contributed by atoms with Crippen molar-refractivity contribution in [3.05, 3.63) is 95.6 Å². The molecular weight excluding hydrogens is 443 g/mol. The van der Waals surface area contributed by atoms with Crippen LogP contribution in [0, 0.1) is 0 Å². The van der Waals surface area contributed by atoms with E-state index < -0.39 is 11.7 Å². The number of alkyl halides is 3. The summed E-state index contributed by atoms with van der Waals surface area (Å²) < 4.78 is 59.4. The lowest BCUT2D eigenvalue weighted by Crippen LogP contribution is -2.19. The molecule has 0 heterocycles. The summed E-state index contributed by atoms with van der Waals surface area (Å²) in [5.41, 5.74) is 0.316. The highest BCUT2D eigenvalue weighted by molar-refractivity contribution is 6.00. The summed E-state index contributed by atoms with van der Waals surface area (Å²) in [6.07, 6.45) is -4.58. The van der Waals surface area contributed by atoms with Gasteiger partial charge in [-0.3, -0.25) is 0 Å². The highest BCUT2D eigenvalue weighted by Gasteiger charge is 2.38. The molecule has 180 valence electrons. The van der Waals surface area contributed by atoms with Crippen molar-refractivity contribution >= 4 is 11.1 Å². The van der Waals surface area contributed by atoms with Crippen molar-refractivity contribution in [2.75, 3.05) is 41.1 Å². The van der Waals surface area contributed by atoms with Crippen LogP contribution < -0.4 is 9.47 Å². The van der Waals surface area contributed by atoms with Gasteiger partial charge in [-0.2, -0.15) is 13.2 Å². The monoisotopic (exact) mass is 471 g/mol. The topological polar surface area (TPSA) is 30.9 Å². The Bertz CT molecular complexity index is 1060. The molecule has 0 unspecified atom stereocenters. The van der Waals surface area contributed by atoms with Crippen molar-refractivity contribution in [3.8, 4) is 11.5 Å². The highest BCUT2D eigenvalue weighted by Crippen LogP contribution is 2.43. The zero-order valence-electron chi connectivity index (χ0n) is 19.4. The van der Waals surface area contributed by atoms with E-state index in [0.717, 1.165) is 6.54 Å². The lowest BCUT2D eigenvalue weighted by atomic mass is 9.89. The number of halogens is 3. The van der Waals surface area contributed by atoms with Gasteiger partial charge >= 0.3 is 6.18 Å². The number of hydrogen-bond acceptors (Lipinski definition) is 4. The van der Waals surface area contributed by atoms with Crippen LogP contribution in [0.2, 0.25) is 0 Å². The van der Waals surface area contributed by atoms with E-state index in [1.807, 2.05) is 19.0 Å². The molecule has 34 heavy (non-hydrogen) atoms. The second kappa shape index (κ2) is 11.7. The Hall–Kier alpha value is -3.29. The third-order valence-corrected chi connectivity index (χ3v) is 5.03. The van der Waals surface area contributed by atoms with Gasteiger partial charge in [-0.1, -0.05) is 54.6 Å². The molecular formula is C27H28F3NO3. The Morgan fingerprint density at radius 1 is 0.735 bits per heavy atom. The van der Waals surface area contributed by atoms with Crippen molar-refractivity contribution in [2.45, 2.75) is 6.18 Å². The molecule has 0 aliphatic heterocycles. The number of ether oxygens (including phenoxy) is 3. The number of hydrogen-bond donors (Lipinski definition) is 0. The van der Waals surface area contributed by atoms with Gasteiger partial charge in [0.05, 0.1) is 5.57 Å². The number of likely N-dealkylation sites (N-methyl/N-ethyl adjacent to an activating group) is 1. The fourth-order valence-corrected chi connectivity index (χ4v) is 3.42. The molecule has 0 saturated heterocycles. The predicted octanol–water partition coefficient (Wildman–Crippen LogP) is 6.13. The molecule has 0 spiro atoms. The Morgan fingerprint density at radius 3 is 1.74 bits per heavy atom. The largest absolute Gasteiger partial charge is 0.492 e. The molecule has 0 aromatic heterocycles. The zero-order valence-corrected chi connectivity index (χ0v) is 19.4. The molecule has 0 N–H and O–H groups in total. The van der Waals surface area contributed by atoms with Gasteiger partial charge in [0.15, 0.2) is 6.79 Å². The van der Waals surface area contributed by atoms with E-state index in [1.165, 1.54) is 19.2 Å². The van der Waals surface area contributed by atoms with E-state index in [1.54, 1.807) is 66.7 Å². The summed E-state index contributed by atoms with van der Waals surface area (Å²) in [5.74, 6) is 1.10. The maximum absolute atomic E-state index is 14.5. The summed E-state index contributed by atoms with van der Waals surface area (Å²) in [7, 11) is 5.38. The Balaban J connectivity index is 2.09. The number of methoxy groups -OCH3 is 1. The molecule has 0 bridgehead atoms. The van der Waals surface area contributed by atoms with Gasteiger partial charge in [-0.15, -0.1) is 0 Å². The first kappa shape index (κ1) is 25.3. The van der Waals surface area contributed by atoms with Gasteiger partial charge in [0.25, 0.3) is 0 Å². The summed E-state index contributed by atoms with van der Waals surface area (Å²) in [4.78, 5) is 1.99. The maximum Gasteiger partial charge on any atom is 0.417 e. The number of nitrogens with zero attached hydrogens (tertiary/aromatic N) is 1. The van der Waals surface area contributed by atoms with Crippen LogP contribution in [0.5, 0.6) is 11.5 Å². The molecule has 0 saturated carbocycles. The van der Waals surface area contributed by atoms with E-state index in [4.69, 9.17) is 14.2 Å². The zero-order chi connectivity index (χ0) is 24.6. The minimum absolute atomic E-state index is 0.0507. The quantitative estimate of drug-likeness (QED) is 0.263. The van der Waals surface area contributed by atoms with Crippen LogP contribution in [-0.4, -0.2) is 52.2 Å². The third kappa shape index (κ3) is 6.85. The highest BCUT2D eigenvalue weighted by atomic mass is 19.4. The molecule has 4 nitrogen and oxygen atoms in total. The summed E-state index contributed by atoms with van der Waals surface area (Å²) in [6.45, 7) is 1.27. The van der Waals surface area contributed by atoms with E-state index >= 15 is 0 Å². The average molecular weight is 472 g/mol. The van der Waals surface area contributed by atoms with E-state index in [0.29, 0.717) is 29.2 Å². The lowest BCUT2D eigenvalue weighted by molar-refractivity contribution is -0.0685. The molecule has 3 rings (SSSR count). The molecule has 0 aliphatic carbocycles. The molecule has 3 aromatic carbocycles. The minimum Gasteiger partial charge on any atom is -0.492 e. The number of benzene rings is 3. The van der Waals surface area contributed by atoms with Crippen molar-refractivity contribution < 1.29 is 27.4 Å². The van der Waals surface area contributed by atoms with Crippen LogP contribution in [-0.2, 0) is 4.74 Å². The van der Waals surface area contributed by atoms with Crippen molar-refractivity contribution in [3.63, 3.8) is 0 Å². The fraction of sp³-hybridized carbons (Fsp3) is 0.259. The molecule has 7 heteroatoms. The predicted molar refractivity (Wildman–Crippen MR) is 128 cm³/mol. The number of rotatable bonds is 10. The second-order valence-electron chi connectivity index (χ2n) is 7.87. The smallest absolute Gasteiger partial charge is 0.417 e. The minimum atomic E-state index is -4.58. The lowest BCUT2D eigenvalue weighted by Gasteiger charge is -2.20. The van der Waals surface area contributed by atoms with Crippen LogP contribution in [0.1, 0.15) is 16.7 Å². The molecule has 0 radical (unpaired) electrons. The summed E-state index contributed by atoms with van der Waals surface area (Å²) in [5, 5.41) is 0. The van der Waals surface area contributed by atoms with Crippen molar-refractivity contribution in [1.82, 2.24) is 4.90 Å². The Morgan fingerprint density at radius 2 is 1.26 bits per heavy atom. The first-order chi connectivity index (χ1) is 16.3. The molecule has 0 amide bonds. The summed E-state index contributed by atoms with van der Waals surface area (Å²) >= 11 is 0. The molecule has 0 fully saturated rings. The first-order valence-electron chi connectivity index (χ1n) is 10.8. The fourth-order valence-electron chi connectivity index (χ4n) is 3.42. The molecule has 3 aromatic rings. The van der Waals surface area contributed by atoms with E-state index in [2.05, 4.69) is 0 Å². The van der Waals surface area contributed by atoms with Gasteiger partial charge in [0, 0.05) is 19.2 Å². The standard InChI is InChI=1S/C27H28F3NO3/c1-31(2)17-18-33-23-13-9-20(10-14-23)25(21-11-15-24(16-12-21)34-19-32-3)26(27(28,29)30)22-7-5-4-6-8-22/h4-16H,17-19H2,1-3H3. The van der Waals surface area contributed by atoms with Crippen LogP contribution in [0.15, 0.2) is 78.9 Å². The SMILES string of the molecule is COCOc1ccc(C(=C(c2ccccc2)C(F)(F)F)c2ccc(OCCN(C)C)cc2)cc1. The van der Waals surface area contributed by atoms with Gasteiger partial charge in [0.2, 0.25) is 0 Å². The maximum atomic E-state index is 14.5. The van der Waals surface area contributed by atoms with Crippen LogP contribution in [0.4, 0.5) is 13.2 Å². The second-order valence-corrected chi connectivity index (χ2v) is 7.87. The summed E-state index contributed by atoms with van der Waals surface area (Å²) in [6, 6.07) is 21.0. The van der Waals surface area contributed by atoms with Crippen LogP contribution >= 0.6 is 0 Å². The molecule has 0 aliphatic rings. The Kier molecular flexibility index (Phi) is 8.73. The third-order valence-electron chi connectivity index (χ3n) is 5.03. The van der Waals surface area contributed by atoms with Gasteiger partial charge in [-0.25, -0.2) is 0 Å². The Labute approximate surface area is 198 Å². The van der Waals surface area contributed by atoms with E-state index in [9.17, 15) is 13.2 Å².